The van der Waals surface area contributed by atoms with Crippen LogP contribution in [-0.2, 0) is 6.42 Å². The van der Waals surface area contributed by atoms with Gasteiger partial charge in [-0.05, 0) is 18.9 Å². The topological polar surface area (TPSA) is 37.8 Å². The van der Waals surface area contributed by atoms with Gasteiger partial charge in [-0.3, -0.25) is 0 Å². The number of nitrogens with zero attached hydrogens (tertiary/aromatic N) is 2. The van der Waals surface area contributed by atoms with E-state index in [-0.39, 0.29) is 0 Å². The summed E-state index contributed by atoms with van der Waals surface area (Å²) in [6.45, 7) is 9.58. The summed E-state index contributed by atoms with van der Waals surface area (Å²) in [7, 11) is 0. The molecule has 0 aliphatic carbocycles. The third-order valence-corrected chi connectivity index (χ3v) is 4.04. The van der Waals surface area contributed by atoms with E-state index < -0.39 is 0 Å². The number of nitrogens with one attached hydrogen (secondary N) is 1. The lowest BCUT2D eigenvalue weighted by molar-refractivity contribution is 0.783. The summed E-state index contributed by atoms with van der Waals surface area (Å²) in [5.41, 5.74) is 0. The Kier molecular flexibility index (Phi) is 4.17. The van der Waals surface area contributed by atoms with Crippen LogP contribution in [0.4, 0.5) is 5.82 Å². The Morgan fingerprint density at radius 2 is 2.06 bits per heavy atom. The van der Waals surface area contributed by atoms with Crippen LogP contribution in [-0.4, -0.2) is 16.5 Å². The first kappa shape index (κ1) is 13.3. The van der Waals surface area contributed by atoms with Crippen LogP contribution < -0.4 is 5.32 Å². The maximum absolute atomic E-state index is 4.68. The summed E-state index contributed by atoms with van der Waals surface area (Å²) in [6, 6.07) is 2.22. The first-order chi connectivity index (χ1) is 8.65. The van der Waals surface area contributed by atoms with E-state index in [1.165, 1.54) is 10.3 Å². The van der Waals surface area contributed by atoms with Gasteiger partial charge < -0.3 is 5.32 Å². The van der Waals surface area contributed by atoms with E-state index in [0.717, 1.165) is 35.9 Å². The van der Waals surface area contributed by atoms with Gasteiger partial charge in [-0.15, -0.1) is 11.3 Å². The highest BCUT2D eigenvalue weighted by Gasteiger charge is 2.12. The zero-order valence-electron chi connectivity index (χ0n) is 11.6. The minimum absolute atomic E-state index is 0.365. The van der Waals surface area contributed by atoms with Gasteiger partial charge in [0.05, 0.1) is 5.39 Å². The smallest absolute Gasteiger partial charge is 0.138 e. The van der Waals surface area contributed by atoms with Crippen LogP contribution in [0.3, 0.4) is 0 Å². The van der Waals surface area contributed by atoms with Crippen LogP contribution in [0, 0.1) is 0 Å². The van der Waals surface area contributed by atoms with Gasteiger partial charge in [-0.2, -0.15) is 0 Å². The highest BCUT2D eigenvalue weighted by atomic mass is 32.1. The summed E-state index contributed by atoms with van der Waals surface area (Å²) in [6.07, 6.45) is 2.17. The molecule has 2 aromatic rings. The van der Waals surface area contributed by atoms with Crippen molar-refractivity contribution in [3.8, 4) is 0 Å². The molecule has 0 saturated carbocycles. The van der Waals surface area contributed by atoms with Gasteiger partial charge in [0.1, 0.15) is 16.5 Å². The normalized spacial score (nSPS) is 11.4. The lowest BCUT2D eigenvalue weighted by atomic mass is 10.2. The third kappa shape index (κ3) is 2.64. The van der Waals surface area contributed by atoms with E-state index in [0.29, 0.717) is 5.92 Å². The average Bonchev–Trinajstić information content (AvgIpc) is 2.78. The first-order valence-electron chi connectivity index (χ1n) is 6.69. The van der Waals surface area contributed by atoms with Gasteiger partial charge in [-0.1, -0.05) is 27.7 Å². The van der Waals surface area contributed by atoms with Gasteiger partial charge in [0.15, 0.2) is 0 Å². The molecule has 0 aromatic carbocycles. The quantitative estimate of drug-likeness (QED) is 0.878. The zero-order chi connectivity index (χ0) is 13.1. The molecule has 0 fully saturated rings. The second kappa shape index (κ2) is 5.65. The summed E-state index contributed by atoms with van der Waals surface area (Å²) < 4.78 is 0. The van der Waals surface area contributed by atoms with E-state index in [9.17, 15) is 0 Å². The fraction of sp³-hybridized carbons (Fsp3) is 0.571. The molecule has 0 bridgehead atoms. The number of aryl methyl sites for hydroxylation is 1. The van der Waals surface area contributed by atoms with Gasteiger partial charge in [0.25, 0.3) is 0 Å². The molecule has 98 valence electrons. The summed E-state index contributed by atoms with van der Waals surface area (Å²) >= 11 is 1.79. The molecule has 2 heterocycles. The first-order valence-corrected chi connectivity index (χ1v) is 7.51. The largest absolute Gasteiger partial charge is 0.369 e. The summed E-state index contributed by atoms with van der Waals surface area (Å²) in [4.78, 5) is 11.8. The van der Waals surface area contributed by atoms with Gasteiger partial charge in [-0.25, -0.2) is 9.97 Å². The van der Waals surface area contributed by atoms with Crippen molar-refractivity contribution in [1.82, 2.24) is 9.97 Å². The van der Waals surface area contributed by atoms with Crippen LogP contribution in [0.5, 0.6) is 0 Å². The molecular weight excluding hydrogens is 242 g/mol. The molecule has 0 spiro atoms. The SMILES string of the molecule is CCCNc1nc(C(C)C)nc2sc(CC)cc12. The molecular formula is C14H21N3S. The molecule has 0 aliphatic heterocycles. The molecule has 0 atom stereocenters. The van der Waals surface area contributed by atoms with Crippen LogP contribution in [0.2, 0.25) is 0 Å². The number of rotatable bonds is 5. The molecule has 0 aliphatic rings. The van der Waals surface area contributed by atoms with Crippen LogP contribution >= 0.6 is 11.3 Å². The Morgan fingerprint density at radius 1 is 1.28 bits per heavy atom. The third-order valence-electron chi connectivity index (χ3n) is 2.87. The van der Waals surface area contributed by atoms with Crippen molar-refractivity contribution in [3.05, 3.63) is 16.8 Å². The molecule has 2 rings (SSSR count). The monoisotopic (exact) mass is 263 g/mol. The highest BCUT2D eigenvalue weighted by molar-refractivity contribution is 7.18. The Morgan fingerprint density at radius 3 is 2.67 bits per heavy atom. The average molecular weight is 263 g/mol. The van der Waals surface area contributed by atoms with Crippen LogP contribution in [0.15, 0.2) is 6.07 Å². The second-order valence-corrected chi connectivity index (χ2v) is 5.91. The molecule has 0 saturated heterocycles. The fourth-order valence-electron chi connectivity index (χ4n) is 1.80. The van der Waals surface area contributed by atoms with Gasteiger partial charge in [0, 0.05) is 17.3 Å². The predicted molar refractivity (Wildman–Crippen MR) is 79.7 cm³/mol. The molecule has 4 heteroatoms. The van der Waals surface area contributed by atoms with Crippen molar-refractivity contribution in [1.29, 1.82) is 0 Å². The molecule has 0 radical (unpaired) electrons. The number of hydrogen-bond acceptors (Lipinski definition) is 4. The van der Waals surface area contributed by atoms with Crippen molar-refractivity contribution in [2.24, 2.45) is 0 Å². The Balaban J connectivity index is 2.51. The van der Waals surface area contributed by atoms with Crippen molar-refractivity contribution in [2.75, 3.05) is 11.9 Å². The highest BCUT2D eigenvalue weighted by Crippen LogP contribution is 2.30. The van der Waals surface area contributed by atoms with E-state index >= 15 is 0 Å². The number of aromatic nitrogens is 2. The van der Waals surface area contributed by atoms with Gasteiger partial charge >= 0.3 is 0 Å². The van der Waals surface area contributed by atoms with Crippen molar-refractivity contribution < 1.29 is 0 Å². The molecule has 2 aromatic heterocycles. The van der Waals surface area contributed by atoms with Crippen molar-refractivity contribution in [3.63, 3.8) is 0 Å². The number of thiophene rings is 1. The van der Waals surface area contributed by atoms with Crippen molar-refractivity contribution >= 4 is 27.4 Å². The Hall–Kier alpha value is -1.16. The molecule has 0 amide bonds. The van der Waals surface area contributed by atoms with E-state index in [1.807, 2.05) is 0 Å². The molecule has 1 N–H and O–H groups in total. The minimum Gasteiger partial charge on any atom is -0.369 e. The number of hydrogen-bond donors (Lipinski definition) is 1. The van der Waals surface area contributed by atoms with Crippen LogP contribution in [0.25, 0.3) is 10.2 Å². The predicted octanol–water partition coefficient (Wildman–Crippen LogP) is 4.20. The van der Waals surface area contributed by atoms with Crippen LogP contribution in [0.1, 0.15) is 50.7 Å². The Bertz CT molecular complexity index is 531. The second-order valence-electron chi connectivity index (χ2n) is 4.80. The molecule has 3 nitrogen and oxygen atoms in total. The van der Waals surface area contributed by atoms with E-state index in [1.54, 1.807) is 11.3 Å². The Labute approximate surface area is 113 Å². The summed E-state index contributed by atoms with van der Waals surface area (Å²) in [5.74, 6) is 2.30. The van der Waals surface area contributed by atoms with E-state index in [2.05, 4.69) is 49.0 Å². The van der Waals surface area contributed by atoms with E-state index in [4.69, 9.17) is 0 Å². The lowest BCUT2D eigenvalue weighted by Crippen LogP contribution is -2.06. The standard InChI is InChI=1S/C14H21N3S/c1-5-7-15-13-11-8-10(6-2)18-14(11)17-12(16-13)9(3)4/h8-9H,5-7H2,1-4H3,(H,15,16,17). The van der Waals surface area contributed by atoms with Crippen molar-refractivity contribution in [2.45, 2.75) is 46.5 Å². The maximum Gasteiger partial charge on any atom is 0.138 e. The molecule has 0 unspecified atom stereocenters. The number of fused-ring (bicyclic) bond motifs is 1. The lowest BCUT2D eigenvalue weighted by Gasteiger charge is -2.09. The minimum atomic E-state index is 0.365. The molecule has 18 heavy (non-hydrogen) atoms. The maximum atomic E-state index is 4.68. The summed E-state index contributed by atoms with van der Waals surface area (Å²) in [5, 5.41) is 4.60. The zero-order valence-corrected chi connectivity index (χ0v) is 12.4. The number of anilines is 1. The fourth-order valence-corrected chi connectivity index (χ4v) is 2.77. The van der Waals surface area contributed by atoms with Gasteiger partial charge in [0.2, 0.25) is 0 Å².